The Labute approximate surface area is 145 Å². The van der Waals surface area contributed by atoms with Crippen molar-refractivity contribution in [2.75, 3.05) is 5.32 Å². The molecular formula is C19H19N3O3. The van der Waals surface area contributed by atoms with Crippen molar-refractivity contribution in [2.45, 2.75) is 13.0 Å². The van der Waals surface area contributed by atoms with Crippen LogP contribution in [0.1, 0.15) is 12.0 Å². The molecule has 2 aliphatic carbocycles. The minimum atomic E-state index is -0.885. The highest BCUT2D eigenvalue weighted by Gasteiger charge is 2.51. The minimum absolute atomic E-state index is 0.0237. The summed E-state index contributed by atoms with van der Waals surface area (Å²) in [6, 6.07) is 9.43. The predicted molar refractivity (Wildman–Crippen MR) is 91.8 cm³/mol. The van der Waals surface area contributed by atoms with Gasteiger partial charge in [-0.05, 0) is 42.0 Å². The number of aromatic nitrogens is 2. The van der Waals surface area contributed by atoms with Crippen molar-refractivity contribution in [3.05, 3.63) is 60.4 Å². The van der Waals surface area contributed by atoms with E-state index in [0.29, 0.717) is 12.2 Å². The number of fused-ring (bicyclic) bond motifs is 2. The lowest BCUT2D eigenvalue weighted by atomic mass is 9.82. The van der Waals surface area contributed by atoms with Crippen molar-refractivity contribution < 1.29 is 14.7 Å². The van der Waals surface area contributed by atoms with E-state index in [2.05, 4.69) is 10.4 Å². The first-order valence-electron chi connectivity index (χ1n) is 8.40. The van der Waals surface area contributed by atoms with Gasteiger partial charge >= 0.3 is 5.97 Å². The number of anilines is 1. The second-order valence-electron chi connectivity index (χ2n) is 6.73. The number of nitrogens with one attached hydrogen (secondary N) is 1. The van der Waals surface area contributed by atoms with Crippen molar-refractivity contribution in [2.24, 2.45) is 23.7 Å². The van der Waals surface area contributed by atoms with Gasteiger partial charge in [-0.1, -0.05) is 24.3 Å². The number of carbonyl (C=O) groups is 2. The van der Waals surface area contributed by atoms with E-state index in [4.69, 9.17) is 0 Å². The Morgan fingerprint density at radius 2 is 2.00 bits per heavy atom. The number of hydrogen-bond donors (Lipinski definition) is 2. The van der Waals surface area contributed by atoms with Gasteiger partial charge in [0.05, 0.1) is 18.4 Å². The lowest BCUT2D eigenvalue weighted by Crippen LogP contribution is -2.36. The molecule has 4 atom stereocenters. The van der Waals surface area contributed by atoms with Crippen LogP contribution in [0.4, 0.5) is 5.69 Å². The fourth-order valence-corrected chi connectivity index (χ4v) is 4.07. The number of hydrogen-bond acceptors (Lipinski definition) is 3. The molecule has 1 amide bonds. The van der Waals surface area contributed by atoms with Gasteiger partial charge in [-0.15, -0.1) is 0 Å². The first-order valence-corrected chi connectivity index (χ1v) is 8.40. The second-order valence-corrected chi connectivity index (χ2v) is 6.73. The van der Waals surface area contributed by atoms with Crippen LogP contribution in [0.25, 0.3) is 0 Å². The van der Waals surface area contributed by atoms with Crippen molar-refractivity contribution in [1.29, 1.82) is 0 Å². The summed E-state index contributed by atoms with van der Waals surface area (Å²) in [7, 11) is 0. The predicted octanol–water partition coefficient (Wildman–Crippen LogP) is 2.39. The lowest BCUT2D eigenvalue weighted by molar-refractivity contribution is -0.146. The van der Waals surface area contributed by atoms with Crippen LogP contribution < -0.4 is 5.32 Å². The Balaban J connectivity index is 1.49. The first kappa shape index (κ1) is 15.6. The molecule has 0 radical (unpaired) electrons. The summed E-state index contributed by atoms with van der Waals surface area (Å²) in [6.45, 7) is 0.616. The number of aliphatic carboxylic acids is 1. The molecule has 25 heavy (non-hydrogen) atoms. The summed E-state index contributed by atoms with van der Waals surface area (Å²) in [4.78, 5) is 24.3. The topological polar surface area (TPSA) is 84.2 Å². The molecule has 2 N–H and O–H groups in total. The highest BCUT2D eigenvalue weighted by Crippen LogP contribution is 2.48. The van der Waals surface area contributed by atoms with Gasteiger partial charge in [0.25, 0.3) is 0 Å². The molecule has 2 aliphatic rings. The molecule has 2 bridgehead atoms. The number of rotatable bonds is 5. The number of benzene rings is 1. The van der Waals surface area contributed by atoms with E-state index in [9.17, 15) is 14.7 Å². The number of amides is 1. The van der Waals surface area contributed by atoms with Crippen LogP contribution in [-0.2, 0) is 16.1 Å². The molecule has 6 heteroatoms. The van der Waals surface area contributed by atoms with E-state index in [1.807, 2.05) is 53.4 Å². The zero-order valence-electron chi connectivity index (χ0n) is 13.6. The van der Waals surface area contributed by atoms with Gasteiger partial charge < -0.3 is 10.4 Å². The van der Waals surface area contributed by atoms with Crippen LogP contribution in [-0.4, -0.2) is 26.8 Å². The van der Waals surface area contributed by atoms with Crippen LogP contribution in [0.15, 0.2) is 54.9 Å². The van der Waals surface area contributed by atoms with E-state index in [0.717, 1.165) is 12.0 Å². The number of carboxylic acids is 1. The van der Waals surface area contributed by atoms with E-state index < -0.39 is 17.8 Å². The lowest BCUT2D eigenvalue weighted by Gasteiger charge is -2.24. The Bertz CT molecular complexity index is 828. The smallest absolute Gasteiger partial charge is 0.307 e. The van der Waals surface area contributed by atoms with Crippen LogP contribution in [0, 0.1) is 23.7 Å². The molecule has 1 aromatic carbocycles. The normalized spacial score (nSPS) is 26.7. The Hall–Kier alpha value is -2.89. The molecule has 1 aromatic heterocycles. The Morgan fingerprint density at radius 3 is 2.72 bits per heavy atom. The van der Waals surface area contributed by atoms with Crippen LogP contribution >= 0.6 is 0 Å². The standard InChI is InChI=1S/C19H19N3O3/c23-18(16-13-5-6-14(10-13)17(16)19(24)25)21-15-4-1-3-12(9-15)11-22-8-2-7-20-22/h1-9,13-14,16-17H,10-11H2,(H,21,23)(H,24,25)/t13-,14-,16-,17-/m0/s1. The molecule has 0 aliphatic heterocycles. The van der Waals surface area contributed by atoms with Gasteiger partial charge in [0.1, 0.15) is 0 Å². The fraction of sp³-hybridized carbons (Fsp3) is 0.316. The summed E-state index contributed by atoms with van der Waals surface area (Å²) in [5, 5.41) is 16.6. The Kier molecular flexibility index (Phi) is 3.87. The van der Waals surface area contributed by atoms with E-state index >= 15 is 0 Å². The van der Waals surface area contributed by atoms with Gasteiger partial charge in [-0.2, -0.15) is 5.10 Å². The quantitative estimate of drug-likeness (QED) is 0.821. The highest BCUT2D eigenvalue weighted by atomic mass is 16.4. The van der Waals surface area contributed by atoms with Crippen molar-refractivity contribution in [1.82, 2.24) is 9.78 Å². The molecular weight excluding hydrogens is 318 g/mol. The summed E-state index contributed by atoms with van der Waals surface area (Å²) < 4.78 is 1.81. The average Bonchev–Trinajstić information content (AvgIpc) is 3.31. The van der Waals surface area contributed by atoms with E-state index in [-0.39, 0.29) is 17.7 Å². The molecule has 0 saturated heterocycles. The van der Waals surface area contributed by atoms with Crippen molar-refractivity contribution in [3.63, 3.8) is 0 Å². The second kappa shape index (κ2) is 6.20. The zero-order chi connectivity index (χ0) is 17.4. The third kappa shape index (κ3) is 2.95. The highest BCUT2D eigenvalue weighted by molar-refractivity contribution is 5.96. The Morgan fingerprint density at radius 1 is 1.20 bits per heavy atom. The van der Waals surface area contributed by atoms with E-state index in [1.54, 1.807) is 6.20 Å². The third-order valence-electron chi connectivity index (χ3n) is 5.15. The average molecular weight is 337 g/mol. The zero-order valence-corrected chi connectivity index (χ0v) is 13.6. The molecule has 6 nitrogen and oxygen atoms in total. The largest absolute Gasteiger partial charge is 0.481 e. The fourth-order valence-electron chi connectivity index (χ4n) is 4.07. The molecule has 1 saturated carbocycles. The van der Waals surface area contributed by atoms with Crippen LogP contribution in [0.3, 0.4) is 0 Å². The molecule has 0 unspecified atom stereocenters. The van der Waals surface area contributed by atoms with Crippen molar-refractivity contribution in [3.8, 4) is 0 Å². The molecule has 2 aromatic rings. The summed E-state index contributed by atoms with van der Waals surface area (Å²) in [5.74, 6) is -2.21. The third-order valence-corrected chi connectivity index (χ3v) is 5.15. The maximum absolute atomic E-state index is 12.7. The van der Waals surface area contributed by atoms with Crippen LogP contribution in [0.2, 0.25) is 0 Å². The van der Waals surface area contributed by atoms with Gasteiger partial charge in [0.2, 0.25) is 5.91 Å². The molecule has 1 heterocycles. The van der Waals surface area contributed by atoms with Gasteiger partial charge in [0, 0.05) is 18.1 Å². The maximum Gasteiger partial charge on any atom is 0.307 e. The summed E-state index contributed by atoms with van der Waals surface area (Å²) in [6.07, 6.45) is 8.29. The number of nitrogens with zero attached hydrogens (tertiary/aromatic N) is 2. The number of carboxylic acid groups (broad SMARTS) is 1. The van der Waals surface area contributed by atoms with Gasteiger partial charge in [-0.3, -0.25) is 14.3 Å². The van der Waals surface area contributed by atoms with Crippen LogP contribution in [0.5, 0.6) is 0 Å². The maximum atomic E-state index is 12.7. The molecule has 0 spiro atoms. The van der Waals surface area contributed by atoms with E-state index in [1.165, 1.54) is 0 Å². The van der Waals surface area contributed by atoms with Gasteiger partial charge in [-0.25, -0.2) is 0 Å². The summed E-state index contributed by atoms with van der Waals surface area (Å²) >= 11 is 0. The minimum Gasteiger partial charge on any atom is -0.481 e. The van der Waals surface area contributed by atoms with Gasteiger partial charge in [0.15, 0.2) is 0 Å². The SMILES string of the molecule is O=C(O)[C@@H]1[C@@H](C(=O)Nc2cccc(Cn3cccn3)c2)[C@H]2C=C[C@H]1C2. The molecule has 1 fully saturated rings. The summed E-state index contributed by atoms with van der Waals surface area (Å²) in [5.41, 5.74) is 1.70. The number of allylic oxidation sites excluding steroid dienone is 2. The first-order chi connectivity index (χ1) is 12.1. The number of carbonyl (C=O) groups excluding carboxylic acids is 1. The monoisotopic (exact) mass is 337 g/mol. The molecule has 128 valence electrons. The molecule has 4 rings (SSSR count). The van der Waals surface area contributed by atoms with Crippen molar-refractivity contribution >= 4 is 17.6 Å².